The van der Waals surface area contributed by atoms with Crippen LogP contribution in [0.15, 0.2) is 18.2 Å². The van der Waals surface area contributed by atoms with Gasteiger partial charge in [0, 0.05) is 5.56 Å². The van der Waals surface area contributed by atoms with Crippen LogP contribution in [0, 0.1) is 0 Å². The van der Waals surface area contributed by atoms with Crippen molar-refractivity contribution in [3.8, 4) is 0 Å². The standard InChI is InChI=1S/C11H16N2O4/c12-5-4-8(14)10(15)6-2-1-3-7(9(6)13)11(16)17/h1-3,8,10,14-15H,4-5,12-13H2,(H,16,17). The van der Waals surface area contributed by atoms with Crippen molar-refractivity contribution in [2.24, 2.45) is 5.73 Å². The molecule has 6 heteroatoms. The van der Waals surface area contributed by atoms with E-state index in [9.17, 15) is 15.0 Å². The van der Waals surface area contributed by atoms with Crippen LogP contribution in [0.3, 0.4) is 0 Å². The number of carboxylic acid groups (broad SMARTS) is 1. The number of benzene rings is 1. The molecule has 0 bridgehead atoms. The molecule has 1 aromatic carbocycles. The van der Waals surface area contributed by atoms with Gasteiger partial charge in [0.05, 0.1) is 17.4 Å². The minimum atomic E-state index is -1.24. The van der Waals surface area contributed by atoms with Crippen LogP contribution >= 0.6 is 0 Å². The number of rotatable bonds is 5. The summed E-state index contributed by atoms with van der Waals surface area (Å²) in [4.78, 5) is 10.8. The van der Waals surface area contributed by atoms with Crippen molar-refractivity contribution >= 4 is 11.7 Å². The number of anilines is 1. The Morgan fingerprint density at radius 1 is 1.35 bits per heavy atom. The molecule has 0 aliphatic carbocycles. The summed E-state index contributed by atoms with van der Waals surface area (Å²) in [5.74, 6) is -1.18. The van der Waals surface area contributed by atoms with Gasteiger partial charge >= 0.3 is 5.97 Å². The van der Waals surface area contributed by atoms with Gasteiger partial charge in [0.1, 0.15) is 6.10 Å². The van der Waals surface area contributed by atoms with E-state index in [1.54, 1.807) is 0 Å². The highest BCUT2D eigenvalue weighted by atomic mass is 16.4. The summed E-state index contributed by atoms with van der Waals surface area (Å²) in [7, 11) is 0. The zero-order valence-corrected chi connectivity index (χ0v) is 9.21. The Labute approximate surface area is 98.5 Å². The summed E-state index contributed by atoms with van der Waals surface area (Å²) >= 11 is 0. The van der Waals surface area contributed by atoms with Gasteiger partial charge in [0.15, 0.2) is 0 Å². The van der Waals surface area contributed by atoms with Crippen LogP contribution in [0.4, 0.5) is 5.69 Å². The van der Waals surface area contributed by atoms with Crippen molar-refractivity contribution in [2.45, 2.75) is 18.6 Å². The van der Waals surface area contributed by atoms with Gasteiger partial charge in [0.25, 0.3) is 0 Å². The number of aliphatic hydroxyl groups is 2. The average Bonchev–Trinajstić information content (AvgIpc) is 2.28. The summed E-state index contributed by atoms with van der Waals surface area (Å²) in [6.07, 6.45) is -2.10. The molecule has 1 rings (SSSR count). The smallest absolute Gasteiger partial charge is 0.337 e. The van der Waals surface area contributed by atoms with E-state index >= 15 is 0 Å². The molecule has 94 valence electrons. The number of para-hydroxylation sites is 1. The average molecular weight is 240 g/mol. The largest absolute Gasteiger partial charge is 0.478 e. The fraction of sp³-hybridized carbons (Fsp3) is 0.364. The molecule has 2 atom stereocenters. The summed E-state index contributed by atoms with van der Waals surface area (Å²) in [6.45, 7) is 0.219. The number of carbonyl (C=O) groups is 1. The van der Waals surface area contributed by atoms with Crippen LogP contribution in [-0.2, 0) is 0 Å². The molecule has 0 aromatic heterocycles. The van der Waals surface area contributed by atoms with Gasteiger partial charge < -0.3 is 26.8 Å². The number of aromatic carboxylic acids is 1. The van der Waals surface area contributed by atoms with Gasteiger partial charge in [-0.05, 0) is 19.0 Å². The lowest BCUT2D eigenvalue weighted by atomic mass is 9.98. The van der Waals surface area contributed by atoms with E-state index in [2.05, 4.69) is 0 Å². The van der Waals surface area contributed by atoms with E-state index in [1.807, 2.05) is 0 Å². The quantitative estimate of drug-likeness (QED) is 0.450. The molecule has 0 amide bonds. The minimum absolute atomic E-state index is 0.0384. The molecule has 0 saturated carbocycles. The maximum absolute atomic E-state index is 10.8. The summed E-state index contributed by atoms with van der Waals surface area (Å²) in [5.41, 5.74) is 11.0. The number of hydrogen-bond acceptors (Lipinski definition) is 5. The summed E-state index contributed by atoms with van der Waals surface area (Å²) < 4.78 is 0. The maximum Gasteiger partial charge on any atom is 0.337 e. The lowest BCUT2D eigenvalue weighted by Crippen LogP contribution is -2.23. The number of aliphatic hydroxyl groups excluding tert-OH is 2. The van der Waals surface area contributed by atoms with Gasteiger partial charge in [-0.25, -0.2) is 4.79 Å². The van der Waals surface area contributed by atoms with E-state index in [1.165, 1.54) is 18.2 Å². The first kappa shape index (κ1) is 13.4. The van der Waals surface area contributed by atoms with Gasteiger partial charge in [-0.1, -0.05) is 12.1 Å². The Bertz CT molecular complexity index is 408. The molecule has 1 aromatic rings. The predicted molar refractivity (Wildman–Crippen MR) is 62.5 cm³/mol. The second-order valence-electron chi connectivity index (χ2n) is 3.70. The van der Waals surface area contributed by atoms with Crippen LogP contribution in [-0.4, -0.2) is 33.9 Å². The van der Waals surface area contributed by atoms with Crippen molar-refractivity contribution in [1.29, 1.82) is 0 Å². The van der Waals surface area contributed by atoms with Crippen LogP contribution in [0.2, 0.25) is 0 Å². The van der Waals surface area contributed by atoms with Crippen LogP contribution in [0.5, 0.6) is 0 Å². The monoisotopic (exact) mass is 240 g/mol. The minimum Gasteiger partial charge on any atom is -0.478 e. The zero-order chi connectivity index (χ0) is 13.0. The van der Waals surface area contributed by atoms with Crippen molar-refractivity contribution in [3.05, 3.63) is 29.3 Å². The van der Waals surface area contributed by atoms with E-state index in [0.717, 1.165) is 0 Å². The van der Waals surface area contributed by atoms with E-state index in [0.29, 0.717) is 0 Å². The lowest BCUT2D eigenvalue weighted by Gasteiger charge is -2.19. The normalized spacial score (nSPS) is 14.3. The van der Waals surface area contributed by atoms with Gasteiger partial charge in [-0.2, -0.15) is 0 Å². The van der Waals surface area contributed by atoms with Crippen LogP contribution < -0.4 is 11.5 Å². The van der Waals surface area contributed by atoms with E-state index in [-0.39, 0.29) is 29.8 Å². The van der Waals surface area contributed by atoms with E-state index < -0.39 is 18.2 Å². The highest BCUT2D eigenvalue weighted by Gasteiger charge is 2.22. The summed E-state index contributed by atoms with van der Waals surface area (Å²) in [5, 5.41) is 28.3. The third-order valence-corrected chi connectivity index (χ3v) is 2.52. The SMILES string of the molecule is NCCC(O)C(O)c1cccc(C(=O)O)c1N. The van der Waals surface area contributed by atoms with Crippen molar-refractivity contribution in [1.82, 2.24) is 0 Å². The summed E-state index contributed by atoms with van der Waals surface area (Å²) in [6, 6.07) is 4.28. The highest BCUT2D eigenvalue weighted by Crippen LogP contribution is 2.27. The van der Waals surface area contributed by atoms with Crippen molar-refractivity contribution < 1.29 is 20.1 Å². The Morgan fingerprint density at radius 2 is 2.00 bits per heavy atom. The zero-order valence-electron chi connectivity index (χ0n) is 9.21. The Balaban J connectivity index is 3.06. The topological polar surface area (TPSA) is 130 Å². The number of nitrogen functional groups attached to an aromatic ring is 1. The maximum atomic E-state index is 10.8. The molecule has 0 aliphatic heterocycles. The molecule has 0 saturated heterocycles. The molecular formula is C11H16N2O4. The molecule has 0 spiro atoms. The molecule has 0 aliphatic rings. The highest BCUT2D eigenvalue weighted by molar-refractivity contribution is 5.94. The molecule has 0 fully saturated rings. The van der Waals surface area contributed by atoms with Crippen LogP contribution in [0.1, 0.15) is 28.4 Å². The molecule has 2 unspecified atom stereocenters. The lowest BCUT2D eigenvalue weighted by molar-refractivity contribution is 0.0154. The number of hydrogen-bond donors (Lipinski definition) is 5. The third kappa shape index (κ3) is 2.94. The molecule has 17 heavy (non-hydrogen) atoms. The van der Waals surface area contributed by atoms with Gasteiger partial charge in [0.2, 0.25) is 0 Å². The second-order valence-corrected chi connectivity index (χ2v) is 3.70. The third-order valence-electron chi connectivity index (χ3n) is 2.52. The van der Waals surface area contributed by atoms with Crippen molar-refractivity contribution in [2.75, 3.05) is 12.3 Å². The van der Waals surface area contributed by atoms with Crippen molar-refractivity contribution in [3.63, 3.8) is 0 Å². The van der Waals surface area contributed by atoms with Crippen LogP contribution in [0.25, 0.3) is 0 Å². The first-order valence-corrected chi connectivity index (χ1v) is 5.17. The number of carboxylic acids is 1. The van der Waals surface area contributed by atoms with Gasteiger partial charge in [-0.3, -0.25) is 0 Å². The first-order chi connectivity index (χ1) is 7.99. The Morgan fingerprint density at radius 3 is 2.53 bits per heavy atom. The number of nitrogens with two attached hydrogens (primary N) is 2. The second kappa shape index (κ2) is 5.62. The molecular weight excluding hydrogens is 224 g/mol. The Kier molecular flexibility index (Phi) is 4.45. The fourth-order valence-corrected chi connectivity index (χ4v) is 1.56. The molecule has 0 radical (unpaired) electrons. The molecule has 7 N–H and O–H groups in total. The van der Waals surface area contributed by atoms with E-state index in [4.69, 9.17) is 16.6 Å². The fourth-order valence-electron chi connectivity index (χ4n) is 1.56. The van der Waals surface area contributed by atoms with Gasteiger partial charge in [-0.15, -0.1) is 0 Å². The first-order valence-electron chi connectivity index (χ1n) is 5.17. The molecule has 6 nitrogen and oxygen atoms in total. The predicted octanol–water partition coefficient (Wildman–Crippen LogP) is -0.290. The molecule has 0 heterocycles. The Hall–Kier alpha value is -1.63.